The molecule has 7 heteroatoms. The first-order chi connectivity index (χ1) is 14.0. The van der Waals surface area contributed by atoms with Crippen LogP contribution in [0.1, 0.15) is 17.2 Å². The molecule has 3 aromatic rings. The number of benzene rings is 2. The Hall–Kier alpha value is -2.96. The van der Waals surface area contributed by atoms with Crippen molar-refractivity contribution in [1.29, 1.82) is 0 Å². The van der Waals surface area contributed by atoms with Crippen molar-refractivity contribution in [3.8, 4) is 0 Å². The molecule has 29 heavy (non-hydrogen) atoms. The fourth-order valence-electron chi connectivity index (χ4n) is 3.32. The lowest BCUT2D eigenvalue weighted by molar-refractivity contribution is -0.132. The van der Waals surface area contributed by atoms with Crippen LogP contribution in [0.5, 0.6) is 0 Å². The zero-order valence-electron chi connectivity index (χ0n) is 14.9. The Morgan fingerprint density at radius 2 is 1.72 bits per heavy atom. The molecule has 1 aliphatic heterocycles. The van der Waals surface area contributed by atoms with E-state index in [1.165, 1.54) is 11.1 Å². The summed E-state index contributed by atoms with van der Waals surface area (Å²) < 4.78 is 0.859. The molecule has 0 saturated carbocycles. The number of aliphatic hydroxyl groups excluding tert-OH is 1. The Bertz CT molecular complexity index is 1110. The first-order valence-corrected chi connectivity index (χ1v) is 9.87. The number of rotatable bonds is 3. The molecule has 0 aliphatic carbocycles. The summed E-state index contributed by atoms with van der Waals surface area (Å²) in [6.45, 7) is 0. The van der Waals surface area contributed by atoms with E-state index in [1.54, 1.807) is 54.7 Å². The van der Waals surface area contributed by atoms with Gasteiger partial charge in [-0.15, -0.1) is 0 Å². The normalized spacial score (nSPS) is 18.3. The highest BCUT2D eigenvalue weighted by molar-refractivity contribution is 9.10. The number of carbonyl (C=O) groups is 2. The number of hydrogen-bond donors (Lipinski definition) is 1. The maximum absolute atomic E-state index is 13.0. The second-order valence-electron chi connectivity index (χ2n) is 6.44. The van der Waals surface area contributed by atoms with E-state index >= 15 is 0 Å². The quantitative estimate of drug-likeness (QED) is 0.328. The monoisotopic (exact) mass is 468 g/mol. The Morgan fingerprint density at radius 3 is 2.34 bits per heavy atom. The largest absolute Gasteiger partial charge is 0.507 e. The van der Waals surface area contributed by atoms with Gasteiger partial charge in [0.2, 0.25) is 0 Å². The summed E-state index contributed by atoms with van der Waals surface area (Å²) in [4.78, 5) is 31.3. The van der Waals surface area contributed by atoms with Gasteiger partial charge >= 0.3 is 0 Å². The summed E-state index contributed by atoms with van der Waals surface area (Å²) in [5.74, 6) is -1.73. The van der Waals surface area contributed by atoms with Crippen molar-refractivity contribution in [3.63, 3.8) is 0 Å². The molecule has 5 nitrogen and oxygen atoms in total. The first-order valence-electron chi connectivity index (χ1n) is 8.70. The number of Topliss-reactive ketones (excluding diaryl/α,β-unsaturated/α-hetero) is 1. The second kappa shape index (κ2) is 7.81. The maximum atomic E-state index is 13.0. The van der Waals surface area contributed by atoms with Crippen LogP contribution in [0.25, 0.3) is 5.76 Å². The minimum atomic E-state index is -0.789. The van der Waals surface area contributed by atoms with Crippen LogP contribution in [0.2, 0.25) is 5.02 Å². The number of pyridine rings is 1. The molecule has 1 amide bonds. The van der Waals surface area contributed by atoms with E-state index in [0.717, 1.165) is 4.47 Å². The predicted molar refractivity (Wildman–Crippen MR) is 115 cm³/mol. The highest BCUT2D eigenvalue weighted by atomic mass is 79.9. The van der Waals surface area contributed by atoms with Crippen molar-refractivity contribution < 1.29 is 14.7 Å². The maximum Gasteiger partial charge on any atom is 0.300 e. The summed E-state index contributed by atoms with van der Waals surface area (Å²) >= 11 is 9.33. The fourth-order valence-corrected chi connectivity index (χ4v) is 3.71. The SMILES string of the molecule is O=C1C(=O)N(c2cccnc2)C(c2ccc(Br)cc2)/C1=C(\O)c1ccc(Cl)cc1. The lowest BCUT2D eigenvalue weighted by Crippen LogP contribution is -2.29. The molecular formula is C22H14BrClN2O3. The molecule has 1 unspecified atom stereocenters. The van der Waals surface area contributed by atoms with Crippen molar-refractivity contribution in [2.45, 2.75) is 6.04 Å². The number of halogens is 2. The third-order valence-corrected chi connectivity index (χ3v) is 5.45. The standard InChI is InChI=1S/C22H14BrClN2O3/c23-15-7-3-13(4-8-15)19-18(20(27)14-5-9-16(24)10-6-14)21(28)22(29)26(19)17-2-1-11-25-12-17/h1-12,19,27H/b20-18+. The molecule has 0 radical (unpaired) electrons. The van der Waals surface area contributed by atoms with Crippen LogP contribution in [-0.4, -0.2) is 21.8 Å². The van der Waals surface area contributed by atoms with E-state index in [2.05, 4.69) is 20.9 Å². The molecule has 1 aromatic heterocycles. The Morgan fingerprint density at radius 1 is 1.03 bits per heavy atom. The van der Waals surface area contributed by atoms with Crippen LogP contribution >= 0.6 is 27.5 Å². The molecular weight excluding hydrogens is 456 g/mol. The van der Waals surface area contributed by atoms with Gasteiger partial charge in [0.1, 0.15) is 5.76 Å². The molecule has 2 aromatic carbocycles. The molecule has 4 rings (SSSR count). The average molecular weight is 470 g/mol. The molecule has 2 heterocycles. The van der Waals surface area contributed by atoms with Crippen LogP contribution < -0.4 is 4.90 Å². The number of nitrogens with zero attached hydrogens (tertiary/aromatic N) is 2. The van der Waals surface area contributed by atoms with Crippen molar-refractivity contribution >= 4 is 50.7 Å². The van der Waals surface area contributed by atoms with Gasteiger partial charge in [0.05, 0.1) is 23.5 Å². The van der Waals surface area contributed by atoms with Crippen LogP contribution in [0.4, 0.5) is 5.69 Å². The van der Waals surface area contributed by atoms with Crippen molar-refractivity contribution in [1.82, 2.24) is 4.98 Å². The van der Waals surface area contributed by atoms with Crippen LogP contribution in [-0.2, 0) is 9.59 Å². The van der Waals surface area contributed by atoms with Gasteiger partial charge in [-0.05, 0) is 54.1 Å². The molecule has 1 saturated heterocycles. The summed E-state index contributed by atoms with van der Waals surface area (Å²) in [5, 5.41) is 11.5. The first kappa shape index (κ1) is 19.4. The van der Waals surface area contributed by atoms with Gasteiger partial charge < -0.3 is 5.11 Å². The minimum Gasteiger partial charge on any atom is -0.507 e. The number of carbonyl (C=O) groups excluding carboxylic acids is 2. The Labute approximate surface area is 180 Å². The number of hydrogen-bond acceptors (Lipinski definition) is 4. The van der Waals surface area contributed by atoms with Crippen molar-refractivity contribution in [2.24, 2.45) is 0 Å². The topological polar surface area (TPSA) is 70.5 Å². The van der Waals surface area contributed by atoms with Gasteiger partial charge in [0, 0.05) is 21.3 Å². The fraction of sp³-hybridized carbons (Fsp3) is 0.0455. The van der Waals surface area contributed by atoms with Crippen LogP contribution in [0, 0.1) is 0 Å². The summed E-state index contributed by atoms with van der Waals surface area (Å²) in [6, 6.07) is 16.3. The summed E-state index contributed by atoms with van der Waals surface area (Å²) in [5.41, 5.74) is 1.58. The third-order valence-electron chi connectivity index (χ3n) is 4.67. The van der Waals surface area contributed by atoms with E-state index in [0.29, 0.717) is 21.8 Å². The smallest absolute Gasteiger partial charge is 0.300 e. The molecule has 1 aliphatic rings. The highest BCUT2D eigenvalue weighted by Gasteiger charge is 2.47. The van der Waals surface area contributed by atoms with Crippen molar-refractivity contribution in [2.75, 3.05) is 4.90 Å². The van der Waals surface area contributed by atoms with Crippen LogP contribution in [0.3, 0.4) is 0 Å². The minimum absolute atomic E-state index is 0.0171. The summed E-state index contributed by atoms with van der Waals surface area (Å²) in [7, 11) is 0. The van der Waals surface area contributed by atoms with E-state index in [9.17, 15) is 14.7 Å². The number of amides is 1. The van der Waals surface area contributed by atoms with Crippen LogP contribution in [0.15, 0.2) is 83.1 Å². The van der Waals surface area contributed by atoms with Crippen molar-refractivity contribution in [3.05, 3.63) is 99.3 Å². The average Bonchev–Trinajstić information content (AvgIpc) is 3.00. The van der Waals surface area contributed by atoms with Gasteiger partial charge in [-0.25, -0.2) is 0 Å². The Kier molecular flexibility index (Phi) is 5.22. The van der Waals surface area contributed by atoms with E-state index in [1.807, 2.05) is 12.1 Å². The molecule has 1 fully saturated rings. The van der Waals surface area contributed by atoms with E-state index in [-0.39, 0.29) is 11.3 Å². The van der Waals surface area contributed by atoms with E-state index in [4.69, 9.17) is 11.6 Å². The van der Waals surface area contributed by atoms with Gasteiger partial charge in [-0.1, -0.05) is 39.7 Å². The Balaban J connectivity index is 1.94. The number of aliphatic hydroxyl groups is 1. The molecule has 0 spiro atoms. The zero-order valence-corrected chi connectivity index (χ0v) is 17.3. The second-order valence-corrected chi connectivity index (χ2v) is 7.79. The molecule has 0 bridgehead atoms. The zero-order chi connectivity index (χ0) is 20.5. The van der Waals surface area contributed by atoms with E-state index < -0.39 is 17.7 Å². The molecule has 1 N–H and O–H groups in total. The highest BCUT2D eigenvalue weighted by Crippen LogP contribution is 2.42. The van der Waals surface area contributed by atoms with Gasteiger partial charge in [0.25, 0.3) is 11.7 Å². The number of aromatic nitrogens is 1. The third kappa shape index (κ3) is 3.57. The lowest BCUT2D eigenvalue weighted by atomic mass is 9.95. The van der Waals surface area contributed by atoms with Gasteiger partial charge in [-0.3, -0.25) is 19.5 Å². The number of ketones is 1. The lowest BCUT2D eigenvalue weighted by Gasteiger charge is -2.25. The molecule has 1 atom stereocenters. The molecule has 144 valence electrons. The predicted octanol–water partition coefficient (Wildman–Crippen LogP) is 5.12. The van der Waals surface area contributed by atoms with Gasteiger partial charge in [0.15, 0.2) is 0 Å². The number of anilines is 1. The summed E-state index contributed by atoms with van der Waals surface area (Å²) in [6.07, 6.45) is 3.10. The van der Waals surface area contributed by atoms with Gasteiger partial charge in [-0.2, -0.15) is 0 Å².